The van der Waals surface area contributed by atoms with Crippen molar-refractivity contribution in [3.8, 4) is 0 Å². The Kier molecular flexibility index (Phi) is 7.00. The van der Waals surface area contributed by atoms with Crippen molar-refractivity contribution in [2.75, 3.05) is 20.2 Å². The first-order chi connectivity index (χ1) is 12.7. The molecule has 7 nitrogen and oxygen atoms in total. The normalized spacial score (nSPS) is 19.5. The smallest absolute Gasteiger partial charge is 0.328 e. The van der Waals surface area contributed by atoms with Crippen LogP contribution in [0.25, 0.3) is 0 Å². The second kappa shape index (κ2) is 8.84. The van der Waals surface area contributed by atoms with Crippen molar-refractivity contribution in [2.45, 2.75) is 44.6 Å². The fraction of sp³-hybridized carbons (Fsp3) is 0.579. The van der Waals surface area contributed by atoms with E-state index in [1.807, 2.05) is 20.8 Å². The monoisotopic (exact) mass is 396 g/mol. The highest BCUT2D eigenvalue weighted by molar-refractivity contribution is 7.89. The SMILES string of the molecule is COC(=O)[C@H](NC(=O)C1CCCN(S(=O)(=O)c2ccc(C)cc2)C1)C(C)C. The second-order valence-corrected chi connectivity index (χ2v) is 9.21. The van der Waals surface area contributed by atoms with E-state index in [0.29, 0.717) is 19.4 Å². The van der Waals surface area contributed by atoms with Gasteiger partial charge < -0.3 is 10.1 Å². The molecule has 1 aliphatic rings. The number of piperidine rings is 1. The van der Waals surface area contributed by atoms with Crippen LogP contribution in [-0.2, 0) is 24.3 Å². The molecule has 0 saturated carbocycles. The number of carbonyl (C=O) groups is 2. The molecule has 1 saturated heterocycles. The molecule has 0 radical (unpaired) electrons. The minimum Gasteiger partial charge on any atom is -0.467 e. The fourth-order valence-corrected chi connectivity index (χ4v) is 4.65. The molecule has 1 N–H and O–H groups in total. The molecule has 1 unspecified atom stereocenters. The van der Waals surface area contributed by atoms with Crippen molar-refractivity contribution in [3.05, 3.63) is 29.8 Å². The average Bonchev–Trinajstić information content (AvgIpc) is 2.65. The number of nitrogens with one attached hydrogen (secondary N) is 1. The minimum atomic E-state index is -3.65. The maximum atomic E-state index is 12.9. The van der Waals surface area contributed by atoms with Crippen LogP contribution >= 0.6 is 0 Å². The number of ether oxygens (including phenoxy) is 1. The summed E-state index contributed by atoms with van der Waals surface area (Å²) in [6, 6.07) is 5.93. The van der Waals surface area contributed by atoms with Gasteiger partial charge in [0.15, 0.2) is 0 Å². The number of benzene rings is 1. The van der Waals surface area contributed by atoms with Crippen molar-refractivity contribution in [1.82, 2.24) is 9.62 Å². The summed E-state index contributed by atoms with van der Waals surface area (Å²) >= 11 is 0. The Hall–Kier alpha value is -1.93. The zero-order chi connectivity index (χ0) is 20.2. The maximum absolute atomic E-state index is 12.9. The third-order valence-electron chi connectivity index (χ3n) is 4.83. The van der Waals surface area contributed by atoms with Crippen LogP contribution in [0, 0.1) is 18.8 Å². The number of methoxy groups -OCH3 is 1. The summed E-state index contributed by atoms with van der Waals surface area (Å²) in [6.45, 7) is 6.01. The molecule has 0 aromatic heterocycles. The summed E-state index contributed by atoms with van der Waals surface area (Å²) in [7, 11) is -2.37. The first-order valence-corrected chi connectivity index (χ1v) is 10.6. The number of nitrogens with zero attached hydrogens (tertiary/aromatic N) is 1. The molecule has 1 heterocycles. The van der Waals surface area contributed by atoms with Crippen molar-refractivity contribution in [3.63, 3.8) is 0 Å². The zero-order valence-corrected chi connectivity index (χ0v) is 17.1. The zero-order valence-electron chi connectivity index (χ0n) is 16.3. The Bertz CT molecular complexity index is 774. The number of rotatable bonds is 6. The van der Waals surface area contributed by atoms with Gasteiger partial charge in [-0.1, -0.05) is 31.5 Å². The van der Waals surface area contributed by atoms with Crippen molar-refractivity contribution in [1.29, 1.82) is 0 Å². The molecule has 1 amide bonds. The van der Waals surface area contributed by atoms with E-state index in [9.17, 15) is 18.0 Å². The topological polar surface area (TPSA) is 92.8 Å². The maximum Gasteiger partial charge on any atom is 0.328 e. The first kappa shape index (κ1) is 21.4. The van der Waals surface area contributed by atoms with Gasteiger partial charge in [-0.2, -0.15) is 4.31 Å². The van der Waals surface area contributed by atoms with E-state index in [1.165, 1.54) is 11.4 Å². The lowest BCUT2D eigenvalue weighted by atomic mass is 9.97. The number of hydrogen-bond acceptors (Lipinski definition) is 5. The van der Waals surface area contributed by atoms with E-state index in [0.717, 1.165) is 5.56 Å². The molecule has 2 rings (SSSR count). The van der Waals surface area contributed by atoms with Gasteiger partial charge in [0.05, 0.1) is 17.9 Å². The molecule has 0 aliphatic carbocycles. The van der Waals surface area contributed by atoms with Crippen LogP contribution in [0.3, 0.4) is 0 Å². The van der Waals surface area contributed by atoms with E-state index in [4.69, 9.17) is 4.74 Å². The van der Waals surface area contributed by atoms with Gasteiger partial charge in [-0.15, -0.1) is 0 Å². The van der Waals surface area contributed by atoms with E-state index in [1.54, 1.807) is 24.3 Å². The quantitative estimate of drug-likeness (QED) is 0.739. The van der Waals surface area contributed by atoms with Crippen LogP contribution in [-0.4, -0.2) is 50.8 Å². The lowest BCUT2D eigenvalue weighted by Gasteiger charge is -2.32. The van der Waals surface area contributed by atoms with Gasteiger partial charge in [-0.05, 0) is 37.8 Å². The third-order valence-corrected chi connectivity index (χ3v) is 6.71. The Morgan fingerprint density at radius 2 is 1.85 bits per heavy atom. The largest absolute Gasteiger partial charge is 0.467 e. The van der Waals surface area contributed by atoms with Gasteiger partial charge in [0.25, 0.3) is 0 Å². The molecular weight excluding hydrogens is 368 g/mol. The molecular formula is C19H28N2O5S. The highest BCUT2D eigenvalue weighted by Crippen LogP contribution is 2.24. The number of amides is 1. The molecule has 1 aromatic carbocycles. The summed E-state index contributed by atoms with van der Waals surface area (Å²) in [5.41, 5.74) is 0.979. The number of hydrogen-bond donors (Lipinski definition) is 1. The summed E-state index contributed by atoms with van der Waals surface area (Å²) in [4.78, 5) is 24.7. The molecule has 1 fully saturated rings. The van der Waals surface area contributed by atoms with Crippen LogP contribution in [0.4, 0.5) is 0 Å². The summed E-state index contributed by atoms with van der Waals surface area (Å²) in [6.07, 6.45) is 1.17. The lowest BCUT2D eigenvalue weighted by molar-refractivity contribution is -0.147. The highest BCUT2D eigenvalue weighted by Gasteiger charge is 2.35. The molecule has 150 valence electrons. The van der Waals surface area contributed by atoms with Crippen molar-refractivity contribution in [2.24, 2.45) is 11.8 Å². The standard InChI is InChI=1S/C19H28N2O5S/c1-13(2)17(19(23)26-4)20-18(22)15-6-5-11-21(12-15)27(24,25)16-9-7-14(3)8-10-16/h7-10,13,15,17H,5-6,11-12H2,1-4H3,(H,20,22)/t15?,17-/m1/s1. The molecule has 0 spiro atoms. The average molecular weight is 397 g/mol. The number of carbonyl (C=O) groups excluding carboxylic acids is 2. The molecule has 2 atom stereocenters. The predicted octanol–water partition coefficient (Wildman–Crippen LogP) is 1.71. The van der Waals surface area contributed by atoms with Gasteiger partial charge in [0, 0.05) is 13.1 Å². The van der Waals surface area contributed by atoms with Crippen LogP contribution < -0.4 is 5.32 Å². The fourth-order valence-electron chi connectivity index (χ4n) is 3.13. The number of esters is 1. The van der Waals surface area contributed by atoms with Gasteiger partial charge in [0.1, 0.15) is 6.04 Å². The molecule has 1 aliphatic heterocycles. The van der Waals surface area contributed by atoms with Crippen LogP contribution in [0.5, 0.6) is 0 Å². The van der Waals surface area contributed by atoms with Gasteiger partial charge >= 0.3 is 5.97 Å². The number of sulfonamides is 1. The molecule has 8 heteroatoms. The van der Waals surface area contributed by atoms with Crippen molar-refractivity contribution < 1.29 is 22.7 Å². The molecule has 0 bridgehead atoms. The van der Waals surface area contributed by atoms with E-state index in [-0.39, 0.29) is 23.3 Å². The van der Waals surface area contributed by atoms with E-state index >= 15 is 0 Å². The Labute approximate surface area is 161 Å². The Balaban J connectivity index is 2.11. The number of aryl methyl sites for hydroxylation is 1. The van der Waals surface area contributed by atoms with Gasteiger partial charge in [-0.3, -0.25) is 4.79 Å². The van der Waals surface area contributed by atoms with Crippen LogP contribution in [0.15, 0.2) is 29.2 Å². The van der Waals surface area contributed by atoms with Crippen LogP contribution in [0.1, 0.15) is 32.3 Å². The van der Waals surface area contributed by atoms with Crippen LogP contribution in [0.2, 0.25) is 0 Å². The highest BCUT2D eigenvalue weighted by atomic mass is 32.2. The molecule has 27 heavy (non-hydrogen) atoms. The predicted molar refractivity (Wildman–Crippen MR) is 101 cm³/mol. The lowest BCUT2D eigenvalue weighted by Crippen LogP contribution is -2.51. The summed E-state index contributed by atoms with van der Waals surface area (Å²) in [5.74, 6) is -1.44. The summed E-state index contributed by atoms with van der Waals surface area (Å²) < 4.78 is 31.8. The Morgan fingerprint density at radius 1 is 1.22 bits per heavy atom. The second-order valence-electron chi connectivity index (χ2n) is 7.27. The van der Waals surface area contributed by atoms with E-state index in [2.05, 4.69) is 5.32 Å². The van der Waals surface area contributed by atoms with E-state index < -0.39 is 28.0 Å². The van der Waals surface area contributed by atoms with Gasteiger partial charge in [-0.25, -0.2) is 13.2 Å². The minimum absolute atomic E-state index is 0.105. The first-order valence-electron chi connectivity index (χ1n) is 9.12. The summed E-state index contributed by atoms with van der Waals surface area (Å²) in [5, 5.41) is 2.72. The van der Waals surface area contributed by atoms with Crippen molar-refractivity contribution >= 4 is 21.9 Å². The Morgan fingerprint density at radius 3 is 2.41 bits per heavy atom. The van der Waals surface area contributed by atoms with Gasteiger partial charge in [0.2, 0.25) is 15.9 Å². The molecule has 1 aromatic rings. The third kappa shape index (κ3) is 5.07.